The van der Waals surface area contributed by atoms with Crippen molar-refractivity contribution in [3.05, 3.63) is 12.7 Å². The van der Waals surface area contributed by atoms with E-state index in [-0.39, 0.29) is 6.61 Å². The number of carboxylic acids is 1. The van der Waals surface area contributed by atoms with Gasteiger partial charge in [0.05, 0.1) is 132 Å². The first-order valence-corrected chi connectivity index (χ1v) is 14.1. The Hall–Kier alpha value is -1.76. The third-order valence-corrected chi connectivity index (χ3v) is 4.61. The zero-order valence-corrected chi connectivity index (χ0v) is 24.8. The van der Waals surface area contributed by atoms with Gasteiger partial charge in [-0.15, -0.1) is 6.58 Å². The monoisotopic (exact) mass is 613 g/mol. The van der Waals surface area contributed by atoms with Crippen LogP contribution in [0.15, 0.2) is 12.7 Å². The molecular formula is C27H51NO14. The van der Waals surface area contributed by atoms with Crippen LogP contribution in [0.4, 0.5) is 0 Å². The third kappa shape index (κ3) is 36.3. The minimum absolute atomic E-state index is 0.300. The van der Waals surface area contributed by atoms with Gasteiger partial charge in [-0.3, -0.25) is 4.79 Å². The van der Waals surface area contributed by atoms with Gasteiger partial charge in [0, 0.05) is 6.54 Å². The Bertz CT molecular complexity index is 599. The van der Waals surface area contributed by atoms with Gasteiger partial charge in [-0.05, 0) is 0 Å². The number of hydrogen-bond donors (Lipinski definition) is 2. The molecule has 0 rings (SSSR count). The van der Waals surface area contributed by atoms with Crippen molar-refractivity contribution in [2.24, 2.45) is 0 Å². The molecule has 0 bridgehead atoms. The van der Waals surface area contributed by atoms with Crippen molar-refractivity contribution in [1.82, 2.24) is 5.32 Å². The Kier molecular flexibility index (Phi) is 34.0. The lowest BCUT2D eigenvalue weighted by Crippen LogP contribution is -2.31. The summed E-state index contributed by atoms with van der Waals surface area (Å²) >= 11 is 0. The van der Waals surface area contributed by atoms with Crippen LogP contribution in [0.25, 0.3) is 0 Å². The lowest BCUT2D eigenvalue weighted by Gasteiger charge is -2.09. The van der Waals surface area contributed by atoms with E-state index in [4.69, 9.17) is 52.5 Å². The Balaban J connectivity index is 3.09. The summed E-state index contributed by atoms with van der Waals surface area (Å²) in [6, 6.07) is 0. The molecule has 0 aliphatic heterocycles. The van der Waals surface area contributed by atoms with Crippen LogP contribution < -0.4 is 5.32 Å². The summed E-state index contributed by atoms with van der Waals surface area (Å²) in [5.41, 5.74) is 0. The van der Waals surface area contributed by atoms with E-state index >= 15 is 0 Å². The van der Waals surface area contributed by atoms with E-state index in [0.717, 1.165) is 0 Å². The summed E-state index contributed by atoms with van der Waals surface area (Å²) < 4.78 is 58.5. The van der Waals surface area contributed by atoms with Gasteiger partial charge in [-0.1, -0.05) is 6.08 Å². The fourth-order valence-electron chi connectivity index (χ4n) is 2.69. The average Bonchev–Trinajstić information content (AvgIpc) is 2.97. The van der Waals surface area contributed by atoms with Crippen LogP contribution >= 0.6 is 0 Å². The summed E-state index contributed by atoms with van der Waals surface area (Å²) in [4.78, 5) is 21.6. The van der Waals surface area contributed by atoms with E-state index < -0.39 is 18.5 Å². The number of amides is 1. The average molecular weight is 614 g/mol. The Morgan fingerprint density at radius 3 is 1.10 bits per heavy atom. The molecule has 0 aromatic heterocycles. The molecule has 0 atom stereocenters. The second kappa shape index (κ2) is 35.4. The molecule has 0 radical (unpaired) electrons. The Morgan fingerprint density at radius 1 is 0.476 bits per heavy atom. The van der Waals surface area contributed by atoms with Gasteiger partial charge in [0.2, 0.25) is 5.91 Å². The van der Waals surface area contributed by atoms with Crippen LogP contribution in [0.3, 0.4) is 0 Å². The third-order valence-electron chi connectivity index (χ3n) is 4.61. The van der Waals surface area contributed by atoms with Crippen molar-refractivity contribution >= 4 is 11.9 Å². The minimum Gasteiger partial charge on any atom is -0.480 e. The maximum Gasteiger partial charge on any atom is 0.329 e. The van der Waals surface area contributed by atoms with E-state index in [9.17, 15) is 9.59 Å². The molecule has 248 valence electrons. The molecule has 2 N–H and O–H groups in total. The normalized spacial score (nSPS) is 11.1. The van der Waals surface area contributed by atoms with Gasteiger partial charge >= 0.3 is 5.97 Å². The highest BCUT2D eigenvalue weighted by atomic mass is 16.6. The van der Waals surface area contributed by atoms with E-state index in [1.807, 2.05) is 0 Å². The number of aliphatic carboxylic acids is 1. The molecule has 15 nitrogen and oxygen atoms in total. The maximum atomic E-state index is 11.3. The zero-order chi connectivity index (χ0) is 30.6. The molecule has 1 amide bonds. The van der Waals surface area contributed by atoms with Crippen LogP contribution in [0.1, 0.15) is 0 Å². The highest BCUT2D eigenvalue weighted by Gasteiger charge is 2.03. The topological polar surface area (TPSA) is 168 Å². The van der Waals surface area contributed by atoms with Crippen LogP contribution in [0.5, 0.6) is 0 Å². The van der Waals surface area contributed by atoms with Crippen LogP contribution in [0.2, 0.25) is 0 Å². The number of carboxylic acid groups (broad SMARTS) is 1. The molecular weight excluding hydrogens is 562 g/mol. The molecule has 0 aromatic rings. The van der Waals surface area contributed by atoms with Gasteiger partial charge in [0.15, 0.2) is 0 Å². The van der Waals surface area contributed by atoms with Crippen molar-refractivity contribution in [3.63, 3.8) is 0 Å². The molecule has 0 aliphatic carbocycles. The second-order valence-electron chi connectivity index (χ2n) is 8.11. The zero-order valence-electron chi connectivity index (χ0n) is 24.8. The van der Waals surface area contributed by atoms with Crippen LogP contribution in [-0.4, -0.2) is 169 Å². The number of ether oxygens (including phenoxy) is 11. The van der Waals surface area contributed by atoms with Gasteiger partial charge in [0.25, 0.3) is 0 Å². The number of carbonyl (C=O) groups excluding carboxylic acids is 1. The standard InChI is InChI=1S/C27H51NO14/c1-2-4-32-6-8-34-10-12-36-14-16-38-18-20-40-22-23-41-21-19-39-17-15-37-13-11-35-9-7-33-5-3-28-26(29)24-42-25-27(30)31/h2H,1,3-25H2,(H,28,29)(H,30,31). The SMILES string of the molecule is C=CCOCCOCCOCCOCCOCCOCCOCCOCCOCCOCCNC(=O)COCC(=O)O. The first-order valence-electron chi connectivity index (χ1n) is 14.1. The molecule has 0 unspecified atom stereocenters. The van der Waals surface area contributed by atoms with Gasteiger partial charge in [-0.25, -0.2) is 4.79 Å². The number of nitrogens with one attached hydrogen (secondary N) is 1. The number of carbonyl (C=O) groups is 2. The fourth-order valence-corrected chi connectivity index (χ4v) is 2.69. The minimum atomic E-state index is -1.12. The first kappa shape index (κ1) is 40.2. The summed E-state index contributed by atoms with van der Waals surface area (Å²) in [5.74, 6) is -1.52. The largest absolute Gasteiger partial charge is 0.480 e. The van der Waals surface area contributed by atoms with Crippen LogP contribution in [0, 0.1) is 0 Å². The van der Waals surface area contributed by atoms with E-state index in [1.165, 1.54) is 0 Å². The van der Waals surface area contributed by atoms with Crippen molar-refractivity contribution in [2.45, 2.75) is 0 Å². The van der Waals surface area contributed by atoms with E-state index in [0.29, 0.717) is 139 Å². The summed E-state index contributed by atoms with van der Waals surface area (Å²) in [6.07, 6.45) is 1.70. The highest BCUT2D eigenvalue weighted by molar-refractivity contribution is 5.77. The van der Waals surface area contributed by atoms with Crippen LogP contribution in [-0.2, 0) is 61.7 Å². The molecule has 0 saturated carbocycles. The highest BCUT2D eigenvalue weighted by Crippen LogP contribution is 1.87. The fraction of sp³-hybridized carbons (Fsp3) is 0.852. The predicted octanol–water partition coefficient (Wildman–Crippen LogP) is -0.444. The number of rotatable bonds is 36. The van der Waals surface area contributed by atoms with Crippen molar-refractivity contribution in [1.29, 1.82) is 0 Å². The summed E-state index contributed by atoms with van der Waals surface area (Å²) in [5, 5.41) is 11.0. The Labute approximate surface area is 248 Å². The van der Waals surface area contributed by atoms with Crippen molar-refractivity contribution < 1.29 is 66.8 Å². The van der Waals surface area contributed by atoms with Gasteiger partial charge < -0.3 is 62.5 Å². The second-order valence-corrected chi connectivity index (χ2v) is 8.11. The molecule has 42 heavy (non-hydrogen) atoms. The lowest BCUT2D eigenvalue weighted by molar-refractivity contribution is -0.143. The first-order chi connectivity index (χ1) is 20.7. The molecule has 0 heterocycles. The predicted molar refractivity (Wildman–Crippen MR) is 150 cm³/mol. The van der Waals surface area contributed by atoms with E-state index in [2.05, 4.69) is 16.6 Å². The van der Waals surface area contributed by atoms with Crippen molar-refractivity contribution in [3.8, 4) is 0 Å². The molecule has 0 saturated heterocycles. The lowest BCUT2D eigenvalue weighted by atomic mass is 10.6. The molecule has 0 spiro atoms. The quantitative estimate of drug-likeness (QED) is 0.0689. The smallest absolute Gasteiger partial charge is 0.329 e. The summed E-state index contributed by atoms with van der Waals surface area (Å²) in [6.45, 7) is 12.6. The molecule has 15 heteroatoms. The van der Waals surface area contributed by atoms with Crippen molar-refractivity contribution in [2.75, 3.05) is 152 Å². The molecule has 0 aromatic carbocycles. The van der Waals surface area contributed by atoms with E-state index in [1.54, 1.807) is 6.08 Å². The molecule has 0 aliphatic rings. The van der Waals surface area contributed by atoms with Gasteiger partial charge in [0.1, 0.15) is 13.2 Å². The maximum absolute atomic E-state index is 11.3. The Morgan fingerprint density at radius 2 is 0.786 bits per heavy atom. The van der Waals surface area contributed by atoms with Gasteiger partial charge in [-0.2, -0.15) is 0 Å². The summed E-state index contributed by atoms with van der Waals surface area (Å²) in [7, 11) is 0. The number of hydrogen-bond acceptors (Lipinski definition) is 13. The molecule has 0 fully saturated rings.